The van der Waals surface area contributed by atoms with E-state index >= 15 is 0 Å². The standard InChI is InChI=1S/C17H23F3N2O3/c1-15(2,3)25-14(24)22-16(4,5)13(23)9-8-12-11(17(18,19)20)7-6-10-21-12/h6-7,10H,8-9H2,1-5H3,(H,22,24). The Balaban J connectivity index is 2.75. The van der Waals surface area contributed by atoms with E-state index < -0.39 is 34.8 Å². The molecule has 0 fully saturated rings. The summed E-state index contributed by atoms with van der Waals surface area (Å²) in [5.41, 5.74) is -3.05. The lowest BCUT2D eigenvalue weighted by Gasteiger charge is -2.27. The summed E-state index contributed by atoms with van der Waals surface area (Å²) in [5, 5.41) is 2.44. The summed E-state index contributed by atoms with van der Waals surface area (Å²) < 4.78 is 43.9. The minimum absolute atomic E-state index is 0.173. The molecule has 0 saturated carbocycles. The van der Waals surface area contributed by atoms with Gasteiger partial charge in [-0.2, -0.15) is 13.2 Å². The number of amides is 1. The smallest absolute Gasteiger partial charge is 0.418 e. The van der Waals surface area contributed by atoms with Crippen molar-refractivity contribution < 1.29 is 27.5 Å². The number of carbonyl (C=O) groups is 2. The third kappa shape index (κ3) is 6.72. The molecule has 0 aliphatic rings. The van der Waals surface area contributed by atoms with Gasteiger partial charge in [0.1, 0.15) is 5.60 Å². The first-order valence-electron chi connectivity index (χ1n) is 7.78. The van der Waals surface area contributed by atoms with Crippen molar-refractivity contribution in [2.45, 2.75) is 64.8 Å². The zero-order valence-electron chi connectivity index (χ0n) is 15.0. The highest BCUT2D eigenvalue weighted by atomic mass is 19.4. The van der Waals surface area contributed by atoms with Crippen molar-refractivity contribution in [3.8, 4) is 0 Å². The number of hydrogen-bond acceptors (Lipinski definition) is 4. The fourth-order valence-corrected chi connectivity index (χ4v) is 2.07. The lowest BCUT2D eigenvalue weighted by atomic mass is 9.94. The second kappa shape index (κ2) is 7.41. The van der Waals surface area contributed by atoms with Crippen LogP contribution in [0.3, 0.4) is 0 Å². The van der Waals surface area contributed by atoms with Gasteiger partial charge in [0, 0.05) is 12.6 Å². The summed E-state index contributed by atoms with van der Waals surface area (Å²) in [4.78, 5) is 27.8. The lowest BCUT2D eigenvalue weighted by Crippen LogP contribution is -2.51. The number of Topliss-reactive ketones (excluding diaryl/α,β-unsaturated/α-hetero) is 1. The van der Waals surface area contributed by atoms with Crippen molar-refractivity contribution in [2.24, 2.45) is 0 Å². The molecule has 0 bridgehead atoms. The molecule has 5 nitrogen and oxygen atoms in total. The number of ether oxygens (including phenoxy) is 1. The summed E-state index contributed by atoms with van der Waals surface area (Å²) >= 11 is 0. The predicted molar refractivity (Wildman–Crippen MR) is 86.0 cm³/mol. The van der Waals surface area contributed by atoms with Gasteiger partial charge in [-0.15, -0.1) is 0 Å². The number of nitrogens with zero attached hydrogens (tertiary/aromatic N) is 1. The van der Waals surface area contributed by atoms with E-state index in [4.69, 9.17) is 4.74 Å². The fraction of sp³-hybridized carbons (Fsp3) is 0.588. The molecule has 0 unspecified atom stereocenters. The summed E-state index contributed by atoms with van der Waals surface area (Å²) in [7, 11) is 0. The normalized spacial score (nSPS) is 12.6. The molecule has 0 aliphatic carbocycles. The topological polar surface area (TPSA) is 68.3 Å². The predicted octanol–water partition coefficient (Wildman–Crippen LogP) is 3.91. The maximum Gasteiger partial charge on any atom is 0.418 e. The third-order valence-corrected chi connectivity index (χ3v) is 3.30. The van der Waals surface area contributed by atoms with Gasteiger partial charge in [0.15, 0.2) is 5.78 Å². The Morgan fingerprint density at radius 1 is 1.16 bits per heavy atom. The number of alkyl carbamates (subject to hydrolysis) is 1. The number of alkyl halides is 3. The number of hydrogen-bond donors (Lipinski definition) is 1. The lowest BCUT2D eigenvalue weighted by molar-refractivity contribution is -0.138. The van der Waals surface area contributed by atoms with Gasteiger partial charge in [-0.05, 0) is 53.2 Å². The maximum atomic E-state index is 12.9. The van der Waals surface area contributed by atoms with E-state index in [9.17, 15) is 22.8 Å². The van der Waals surface area contributed by atoms with Gasteiger partial charge in [-0.3, -0.25) is 9.78 Å². The molecule has 1 aromatic heterocycles. The monoisotopic (exact) mass is 360 g/mol. The van der Waals surface area contributed by atoms with Crippen molar-refractivity contribution >= 4 is 11.9 Å². The van der Waals surface area contributed by atoms with E-state index in [0.717, 1.165) is 6.07 Å². The Kier molecular flexibility index (Phi) is 6.20. The molecule has 0 aromatic carbocycles. The molecule has 8 heteroatoms. The van der Waals surface area contributed by atoms with E-state index in [-0.39, 0.29) is 18.5 Å². The molecule has 0 saturated heterocycles. The zero-order valence-corrected chi connectivity index (χ0v) is 15.0. The van der Waals surface area contributed by atoms with Gasteiger partial charge in [0.25, 0.3) is 0 Å². The van der Waals surface area contributed by atoms with Crippen molar-refractivity contribution in [3.05, 3.63) is 29.6 Å². The summed E-state index contributed by atoms with van der Waals surface area (Å²) in [6.07, 6.45) is -4.41. The molecule has 0 radical (unpaired) electrons. The van der Waals surface area contributed by atoms with Crippen LogP contribution in [0.1, 0.15) is 52.3 Å². The molecule has 140 valence electrons. The van der Waals surface area contributed by atoms with Crippen LogP contribution in [0, 0.1) is 0 Å². The molecule has 1 heterocycles. The summed E-state index contributed by atoms with van der Waals surface area (Å²) in [6.45, 7) is 7.99. The molecule has 1 N–H and O–H groups in total. The van der Waals surface area contributed by atoms with Crippen molar-refractivity contribution in [1.29, 1.82) is 0 Å². The minimum Gasteiger partial charge on any atom is -0.444 e. The second-order valence-electron chi connectivity index (χ2n) is 7.17. The number of pyridine rings is 1. The van der Waals surface area contributed by atoms with Crippen LogP contribution in [0.4, 0.5) is 18.0 Å². The van der Waals surface area contributed by atoms with E-state index in [2.05, 4.69) is 10.3 Å². The van der Waals surface area contributed by atoms with Crippen molar-refractivity contribution in [1.82, 2.24) is 10.3 Å². The van der Waals surface area contributed by atoms with Crippen LogP contribution in [-0.2, 0) is 22.1 Å². The van der Waals surface area contributed by atoms with Crippen molar-refractivity contribution in [3.63, 3.8) is 0 Å². The highest BCUT2D eigenvalue weighted by Crippen LogP contribution is 2.31. The Morgan fingerprint density at radius 2 is 1.76 bits per heavy atom. The van der Waals surface area contributed by atoms with Crippen LogP contribution in [0.25, 0.3) is 0 Å². The molecule has 0 atom stereocenters. The van der Waals surface area contributed by atoms with Crippen LogP contribution in [0.5, 0.6) is 0 Å². The third-order valence-electron chi connectivity index (χ3n) is 3.30. The number of aryl methyl sites for hydroxylation is 1. The zero-order chi connectivity index (χ0) is 19.5. The molecular formula is C17H23F3N2O3. The number of halogens is 3. The number of aromatic nitrogens is 1. The molecular weight excluding hydrogens is 337 g/mol. The Hall–Kier alpha value is -2.12. The van der Waals surface area contributed by atoms with Crippen LogP contribution < -0.4 is 5.32 Å². The highest BCUT2D eigenvalue weighted by Gasteiger charge is 2.35. The van der Waals surface area contributed by atoms with Gasteiger partial charge in [-0.1, -0.05) is 0 Å². The highest BCUT2D eigenvalue weighted by molar-refractivity contribution is 5.91. The number of ketones is 1. The van der Waals surface area contributed by atoms with Crippen LogP contribution >= 0.6 is 0 Å². The SMILES string of the molecule is CC(C)(C)OC(=O)NC(C)(C)C(=O)CCc1ncccc1C(F)(F)F. The van der Waals surface area contributed by atoms with E-state index in [1.54, 1.807) is 20.8 Å². The first-order valence-corrected chi connectivity index (χ1v) is 7.78. The Morgan fingerprint density at radius 3 is 2.28 bits per heavy atom. The molecule has 1 amide bonds. The summed E-state index contributed by atoms with van der Waals surface area (Å²) in [5.74, 6) is -0.419. The maximum absolute atomic E-state index is 12.9. The van der Waals surface area contributed by atoms with Crippen LogP contribution in [-0.4, -0.2) is 28.0 Å². The van der Waals surface area contributed by atoms with Gasteiger partial charge >= 0.3 is 12.3 Å². The molecule has 0 aliphatic heterocycles. The molecule has 0 spiro atoms. The second-order valence-corrected chi connectivity index (χ2v) is 7.17. The van der Waals surface area contributed by atoms with Crippen LogP contribution in [0.2, 0.25) is 0 Å². The fourth-order valence-electron chi connectivity index (χ4n) is 2.07. The quantitative estimate of drug-likeness (QED) is 0.865. The van der Waals surface area contributed by atoms with Gasteiger partial charge in [0.2, 0.25) is 0 Å². The van der Waals surface area contributed by atoms with Gasteiger partial charge in [0.05, 0.1) is 16.8 Å². The summed E-state index contributed by atoms with van der Waals surface area (Å²) in [6, 6.07) is 2.12. The van der Waals surface area contributed by atoms with Gasteiger partial charge < -0.3 is 10.1 Å². The Labute approximate surface area is 145 Å². The van der Waals surface area contributed by atoms with Gasteiger partial charge in [-0.25, -0.2) is 4.79 Å². The largest absolute Gasteiger partial charge is 0.444 e. The van der Waals surface area contributed by atoms with E-state index in [0.29, 0.717) is 0 Å². The molecule has 1 aromatic rings. The van der Waals surface area contributed by atoms with Crippen molar-refractivity contribution in [2.75, 3.05) is 0 Å². The Bertz CT molecular complexity index is 635. The number of rotatable bonds is 5. The number of carbonyl (C=O) groups excluding carboxylic acids is 2. The minimum atomic E-state index is -4.53. The first-order chi connectivity index (χ1) is 11.2. The van der Waals surface area contributed by atoms with Crippen LogP contribution in [0.15, 0.2) is 18.3 Å². The van der Waals surface area contributed by atoms with E-state index in [1.165, 1.54) is 26.1 Å². The molecule has 25 heavy (non-hydrogen) atoms. The van der Waals surface area contributed by atoms with E-state index in [1.807, 2.05) is 0 Å². The average molecular weight is 360 g/mol. The number of nitrogens with one attached hydrogen (secondary N) is 1. The first kappa shape index (κ1) is 20.9. The average Bonchev–Trinajstić information content (AvgIpc) is 2.41. The molecule has 1 rings (SSSR count).